The molecule has 4 rings (SSSR count). The molecule has 160 valence electrons. The van der Waals surface area contributed by atoms with E-state index in [1.807, 2.05) is 23.1 Å². The average molecular weight is 420 g/mol. The normalized spacial score (nSPS) is 14.0. The molecule has 0 atom stereocenters. The number of amides is 2. The number of rotatable bonds is 6. The summed E-state index contributed by atoms with van der Waals surface area (Å²) in [6.07, 6.45) is 5.21. The van der Waals surface area contributed by atoms with Crippen LogP contribution >= 0.6 is 0 Å². The van der Waals surface area contributed by atoms with Crippen molar-refractivity contribution in [2.75, 3.05) is 26.2 Å². The lowest BCUT2D eigenvalue weighted by Crippen LogP contribution is -2.50. The van der Waals surface area contributed by atoms with Crippen LogP contribution in [0.25, 0.3) is 5.69 Å². The second-order valence-electron chi connectivity index (χ2n) is 7.64. The van der Waals surface area contributed by atoms with Crippen LogP contribution in [0, 0.1) is 5.82 Å². The molecule has 0 bridgehead atoms. The molecule has 0 N–H and O–H groups in total. The maximum Gasteiger partial charge on any atom is 0.257 e. The number of para-hydroxylation sites is 1. The summed E-state index contributed by atoms with van der Waals surface area (Å²) in [4.78, 5) is 28.9. The van der Waals surface area contributed by atoms with Crippen molar-refractivity contribution in [1.29, 1.82) is 0 Å². The van der Waals surface area contributed by atoms with Crippen molar-refractivity contribution in [2.45, 2.75) is 19.3 Å². The van der Waals surface area contributed by atoms with Gasteiger partial charge in [-0.3, -0.25) is 9.59 Å². The minimum Gasteiger partial charge on any atom is -0.339 e. The van der Waals surface area contributed by atoms with Crippen LogP contribution in [-0.2, 0) is 11.2 Å². The molecule has 1 aliphatic rings. The number of aromatic nitrogens is 2. The summed E-state index contributed by atoms with van der Waals surface area (Å²) in [5.41, 5.74) is 1.94. The van der Waals surface area contributed by atoms with Gasteiger partial charge in [0.25, 0.3) is 5.91 Å². The molecule has 7 heteroatoms. The summed E-state index contributed by atoms with van der Waals surface area (Å²) in [6, 6.07) is 16.4. The Bertz CT molecular complexity index is 1040. The third-order valence-electron chi connectivity index (χ3n) is 5.55. The Morgan fingerprint density at radius 3 is 2.32 bits per heavy atom. The standard InChI is InChI=1S/C24H25FN4O2/c25-21-10-4-5-11-22(21)29-18-20(17-26-29)24(31)28-15-13-27(14-16-28)23(30)12-6-9-19-7-2-1-3-8-19/h1-5,7-8,10-11,17-18H,6,9,12-16H2. The van der Waals surface area contributed by atoms with Gasteiger partial charge in [0.2, 0.25) is 5.91 Å². The van der Waals surface area contributed by atoms with Crippen LogP contribution in [0.4, 0.5) is 4.39 Å². The molecule has 0 unspecified atom stereocenters. The van der Waals surface area contributed by atoms with Gasteiger partial charge in [0.1, 0.15) is 11.5 Å². The summed E-state index contributed by atoms with van der Waals surface area (Å²) in [6.45, 7) is 2.01. The van der Waals surface area contributed by atoms with Gasteiger partial charge in [-0.2, -0.15) is 5.10 Å². The van der Waals surface area contributed by atoms with Crippen molar-refractivity contribution in [2.24, 2.45) is 0 Å². The second kappa shape index (κ2) is 9.55. The van der Waals surface area contributed by atoms with Crippen molar-refractivity contribution in [1.82, 2.24) is 19.6 Å². The van der Waals surface area contributed by atoms with E-state index in [-0.39, 0.29) is 11.8 Å². The summed E-state index contributed by atoms with van der Waals surface area (Å²) >= 11 is 0. The third kappa shape index (κ3) is 4.99. The van der Waals surface area contributed by atoms with Gasteiger partial charge in [-0.25, -0.2) is 9.07 Å². The Morgan fingerprint density at radius 2 is 1.58 bits per heavy atom. The zero-order valence-corrected chi connectivity index (χ0v) is 17.3. The molecule has 3 aromatic rings. The van der Waals surface area contributed by atoms with E-state index in [0.717, 1.165) is 12.8 Å². The smallest absolute Gasteiger partial charge is 0.257 e. The van der Waals surface area contributed by atoms with E-state index < -0.39 is 5.82 Å². The van der Waals surface area contributed by atoms with Crippen LogP contribution in [0.15, 0.2) is 67.0 Å². The lowest BCUT2D eigenvalue weighted by molar-refractivity contribution is -0.132. The fourth-order valence-electron chi connectivity index (χ4n) is 3.79. The highest BCUT2D eigenvalue weighted by Gasteiger charge is 2.25. The predicted octanol–water partition coefficient (Wildman–Crippen LogP) is 3.32. The van der Waals surface area contributed by atoms with E-state index in [0.29, 0.717) is 43.9 Å². The van der Waals surface area contributed by atoms with Gasteiger partial charge < -0.3 is 9.80 Å². The van der Waals surface area contributed by atoms with Gasteiger partial charge in [-0.1, -0.05) is 42.5 Å². The molecule has 2 heterocycles. The molecule has 2 amide bonds. The highest BCUT2D eigenvalue weighted by molar-refractivity contribution is 5.94. The van der Waals surface area contributed by atoms with Crippen molar-refractivity contribution >= 4 is 11.8 Å². The molecule has 6 nitrogen and oxygen atoms in total. The van der Waals surface area contributed by atoms with Crippen LogP contribution in [0.3, 0.4) is 0 Å². The molecule has 1 aromatic heterocycles. The Kier molecular flexibility index (Phi) is 6.40. The fraction of sp³-hybridized carbons (Fsp3) is 0.292. The van der Waals surface area contributed by atoms with Gasteiger partial charge >= 0.3 is 0 Å². The maximum absolute atomic E-state index is 14.0. The average Bonchev–Trinajstić information content (AvgIpc) is 3.30. The Hall–Kier alpha value is -3.48. The minimum absolute atomic E-state index is 0.135. The summed E-state index contributed by atoms with van der Waals surface area (Å²) in [7, 11) is 0. The lowest BCUT2D eigenvalue weighted by atomic mass is 10.1. The highest BCUT2D eigenvalue weighted by Crippen LogP contribution is 2.15. The topological polar surface area (TPSA) is 58.4 Å². The number of nitrogens with zero attached hydrogens (tertiary/aromatic N) is 4. The zero-order valence-electron chi connectivity index (χ0n) is 17.3. The first-order valence-corrected chi connectivity index (χ1v) is 10.5. The van der Waals surface area contributed by atoms with E-state index in [1.165, 1.54) is 22.5 Å². The predicted molar refractivity (Wildman–Crippen MR) is 115 cm³/mol. The molecular formula is C24H25FN4O2. The van der Waals surface area contributed by atoms with E-state index in [9.17, 15) is 14.0 Å². The third-order valence-corrected chi connectivity index (χ3v) is 5.55. The van der Waals surface area contributed by atoms with E-state index >= 15 is 0 Å². The van der Waals surface area contributed by atoms with Crippen LogP contribution in [0.1, 0.15) is 28.8 Å². The van der Waals surface area contributed by atoms with Gasteiger partial charge in [0, 0.05) is 38.8 Å². The van der Waals surface area contributed by atoms with Crippen LogP contribution in [0.5, 0.6) is 0 Å². The SMILES string of the molecule is O=C(CCCc1ccccc1)N1CCN(C(=O)c2cnn(-c3ccccc3F)c2)CC1. The first kappa shape index (κ1) is 20.8. The molecule has 0 aliphatic carbocycles. The fourth-order valence-corrected chi connectivity index (χ4v) is 3.79. The molecule has 1 saturated heterocycles. The maximum atomic E-state index is 14.0. The summed E-state index contributed by atoms with van der Waals surface area (Å²) in [5, 5.41) is 4.13. The second-order valence-corrected chi connectivity index (χ2v) is 7.64. The van der Waals surface area contributed by atoms with Crippen LogP contribution in [0.2, 0.25) is 0 Å². The quantitative estimate of drug-likeness (QED) is 0.615. The number of halogens is 1. The van der Waals surface area contributed by atoms with Gasteiger partial charge in [0.15, 0.2) is 0 Å². The summed E-state index contributed by atoms with van der Waals surface area (Å²) in [5.74, 6) is -0.418. The monoisotopic (exact) mass is 420 g/mol. The van der Waals surface area contributed by atoms with E-state index in [2.05, 4.69) is 17.2 Å². The molecule has 2 aromatic carbocycles. The van der Waals surface area contributed by atoms with Gasteiger partial charge in [-0.15, -0.1) is 0 Å². The molecule has 1 fully saturated rings. The van der Waals surface area contributed by atoms with Crippen molar-refractivity contribution in [3.8, 4) is 5.69 Å². The number of benzene rings is 2. The molecule has 1 aliphatic heterocycles. The number of piperazine rings is 1. The van der Waals surface area contributed by atoms with Crippen molar-refractivity contribution < 1.29 is 14.0 Å². The van der Waals surface area contributed by atoms with Crippen LogP contribution in [-0.4, -0.2) is 57.6 Å². The summed E-state index contributed by atoms with van der Waals surface area (Å²) < 4.78 is 15.3. The van der Waals surface area contributed by atoms with Crippen molar-refractivity contribution in [3.63, 3.8) is 0 Å². The lowest BCUT2D eigenvalue weighted by Gasteiger charge is -2.34. The molecule has 0 saturated carbocycles. The number of hydrogen-bond donors (Lipinski definition) is 0. The van der Waals surface area contributed by atoms with E-state index in [4.69, 9.17) is 0 Å². The van der Waals surface area contributed by atoms with Crippen molar-refractivity contribution in [3.05, 3.63) is 83.9 Å². The molecular weight excluding hydrogens is 395 g/mol. The van der Waals surface area contributed by atoms with E-state index in [1.54, 1.807) is 29.3 Å². The Morgan fingerprint density at radius 1 is 0.903 bits per heavy atom. The first-order chi connectivity index (χ1) is 15.1. The number of aryl methyl sites for hydroxylation is 1. The highest BCUT2D eigenvalue weighted by atomic mass is 19.1. The first-order valence-electron chi connectivity index (χ1n) is 10.5. The largest absolute Gasteiger partial charge is 0.339 e. The Labute approximate surface area is 180 Å². The Balaban J connectivity index is 1.27. The van der Waals surface area contributed by atoms with Gasteiger partial charge in [0.05, 0.1) is 11.8 Å². The molecule has 0 radical (unpaired) electrons. The minimum atomic E-state index is -0.399. The van der Waals surface area contributed by atoms with Crippen LogP contribution < -0.4 is 0 Å². The molecule has 0 spiro atoms. The number of carbonyl (C=O) groups excluding carboxylic acids is 2. The zero-order chi connectivity index (χ0) is 21.6. The molecule has 31 heavy (non-hydrogen) atoms. The number of carbonyl (C=O) groups is 2. The van der Waals surface area contributed by atoms with Gasteiger partial charge in [-0.05, 0) is 30.5 Å². The number of hydrogen-bond acceptors (Lipinski definition) is 3.